The lowest BCUT2D eigenvalue weighted by molar-refractivity contribution is 0.631. The number of hydrogen-bond donors (Lipinski definition) is 1. The second-order valence-corrected chi connectivity index (χ2v) is 3.17. The van der Waals surface area contributed by atoms with E-state index in [4.69, 9.17) is 5.73 Å². The van der Waals surface area contributed by atoms with E-state index in [-0.39, 0.29) is 5.69 Å². The molecule has 0 atom stereocenters. The Morgan fingerprint density at radius 2 is 2.21 bits per heavy atom. The summed E-state index contributed by atoms with van der Waals surface area (Å²) >= 11 is 0. The summed E-state index contributed by atoms with van der Waals surface area (Å²) in [5, 5.41) is 4.10. The Kier molecular flexibility index (Phi) is 1.96. The minimum atomic E-state index is -0.405. The van der Waals surface area contributed by atoms with Gasteiger partial charge in [0.05, 0.1) is 17.6 Å². The van der Waals surface area contributed by atoms with E-state index in [0.717, 1.165) is 11.3 Å². The molecule has 4 heteroatoms. The van der Waals surface area contributed by atoms with Crippen LogP contribution in [0.15, 0.2) is 30.6 Å². The van der Waals surface area contributed by atoms with Crippen molar-refractivity contribution >= 4 is 5.69 Å². The van der Waals surface area contributed by atoms with Gasteiger partial charge in [-0.15, -0.1) is 0 Å². The van der Waals surface area contributed by atoms with Crippen molar-refractivity contribution in [3.63, 3.8) is 0 Å². The van der Waals surface area contributed by atoms with Crippen molar-refractivity contribution in [2.24, 2.45) is 0 Å². The van der Waals surface area contributed by atoms with E-state index in [0.29, 0.717) is 0 Å². The molecule has 0 amide bonds. The first-order valence-electron chi connectivity index (χ1n) is 4.23. The highest BCUT2D eigenvalue weighted by Crippen LogP contribution is 2.15. The fourth-order valence-electron chi connectivity index (χ4n) is 1.23. The Morgan fingerprint density at radius 3 is 2.79 bits per heavy atom. The van der Waals surface area contributed by atoms with Crippen LogP contribution >= 0.6 is 0 Å². The predicted octanol–water partition coefficient (Wildman–Crippen LogP) is 1.90. The summed E-state index contributed by atoms with van der Waals surface area (Å²) in [6.45, 7) is 1.94. The summed E-state index contributed by atoms with van der Waals surface area (Å²) in [4.78, 5) is 0. The summed E-state index contributed by atoms with van der Waals surface area (Å²) in [6.07, 6.45) is 3.59. The smallest absolute Gasteiger partial charge is 0.146 e. The van der Waals surface area contributed by atoms with Crippen molar-refractivity contribution in [1.29, 1.82) is 0 Å². The molecule has 1 heterocycles. The quantitative estimate of drug-likeness (QED) is 0.699. The Bertz CT molecular complexity index is 462. The summed E-state index contributed by atoms with van der Waals surface area (Å²) in [7, 11) is 0. The number of nitrogens with two attached hydrogens (primary N) is 1. The average Bonchev–Trinajstić information content (AvgIpc) is 2.57. The molecule has 14 heavy (non-hydrogen) atoms. The topological polar surface area (TPSA) is 43.8 Å². The Labute approximate surface area is 81.0 Å². The average molecular weight is 191 g/mol. The zero-order valence-electron chi connectivity index (χ0n) is 7.74. The third-order valence-electron chi connectivity index (χ3n) is 1.96. The first kappa shape index (κ1) is 8.74. The number of rotatable bonds is 1. The second kappa shape index (κ2) is 3.14. The van der Waals surface area contributed by atoms with Crippen molar-refractivity contribution in [2.45, 2.75) is 6.92 Å². The molecule has 0 fully saturated rings. The van der Waals surface area contributed by atoms with E-state index in [2.05, 4.69) is 5.10 Å². The van der Waals surface area contributed by atoms with Gasteiger partial charge in [0.25, 0.3) is 0 Å². The number of nitrogen functional groups attached to an aromatic ring is 1. The van der Waals surface area contributed by atoms with E-state index >= 15 is 0 Å². The van der Waals surface area contributed by atoms with E-state index < -0.39 is 5.82 Å². The highest BCUT2D eigenvalue weighted by Gasteiger charge is 2.02. The second-order valence-electron chi connectivity index (χ2n) is 3.17. The van der Waals surface area contributed by atoms with Crippen LogP contribution < -0.4 is 5.73 Å². The number of halogens is 1. The number of hydrogen-bond acceptors (Lipinski definition) is 2. The molecular formula is C10H10FN3. The Hall–Kier alpha value is -1.84. The van der Waals surface area contributed by atoms with Gasteiger partial charge in [-0.05, 0) is 30.7 Å². The molecule has 0 aliphatic rings. The first-order valence-corrected chi connectivity index (χ1v) is 4.23. The summed E-state index contributed by atoms with van der Waals surface area (Å²) in [5.74, 6) is -0.405. The maximum Gasteiger partial charge on any atom is 0.146 e. The molecule has 0 spiro atoms. The normalized spacial score (nSPS) is 10.4. The molecule has 2 rings (SSSR count). The zero-order valence-corrected chi connectivity index (χ0v) is 7.74. The van der Waals surface area contributed by atoms with Gasteiger partial charge >= 0.3 is 0 Å². The number of nitrogens with zero attached hydrogens (tertiary/aromatic N) is 2. The fraction of sp³-hybridized carbons (Fsp3) is 0.100. The SMILES string of the molecule is Cc1cnn(-c2ccc(F)c(N)c2)c1. The molecule has 1 aromatic heterocycles. The number of aryl methyl sites for hydroxylation is 1. The van der Waals surface area contributed by atoms with E-state index in [1.54, 1.807) is 23.0 Å². The molecule has 0 saturated carbocycles. The highest BCUT2D eigenvalue weighted by atomic mass is 19.1. The molecule has 0 aliphatic carbocycles. The maximum absolute atomic E-state index is 12.9. The fourth-order valence-corrected chi connectivity index (χ4v) is 1.23. The lowest BCUT2D eigenvalue weighted by Crippen LogP contribution is -1.97. The molecule has 0 unspecified atom stereocenters. The van der Waals surface area contributed by atoms with Gasteiger partial charge < -0.3 is 5.73 Å². The van der Waals surface area contributed by atoms with Crippen LogP contribution in [0.1, 0.15) is 5.56 Å². The Balaban J connectivity index is 2.47. The van der Waals surface area contributed by atoms with Gasteiger partial charge in [0.15, 0.2) is 0 Å². The zero-order chi connectivity index (χ0) is 10.1. The van der Waals surface area contributed by atoms with Crippen LogP contribution in [0, 0.1) is 12.7 Å². The third kappa shape index (κ3) is 1.46. The van der Waals surface area contributed by atoms with Crippen molar-refractivity contribution in [3.05, 3.63) is 42.0 Å². The molecule has 0 radical (unpaired) electrons. The molecule has 0 aliphatic heterocycles. The van der Waals surface area contributed by atoms with Crippen molar-refractivity contribution < 1.29 is 4.39 Å². The summed E-state index contributed by atoms with van der Waals surface area (Å²) in [5.41, 5.74) is 7.39. The molecule has 72 valence electrons. The van der Waals surface area contributed by atoms with E-state index in [1.807, 2.05) is 13.1 Å². The molecule has 0 saturated heterocycles. The standard InChI is InChI=1S/C10H10FN3/c1-7-5-13-14(6-7)8-2-3-9(11)10(12)4-8/h2-6H,12H2,1H3. The van der Waals surface area contributed by atoms with E-state index in [9.17, 15) is 4.39 Å². The van der Waals surface area contributed by atoms with Gasteiger partial charge in [-0.25, -0.2) is 9.07 Å². The molecule has 0 bridgehead atoms. The van der Waals surface area contributed by atoms with Gasteiger partial charge in [-0.1, -0.05) is 0 Å². The Morgan fingerprint density at radius 1 is 1.43 bits per heavy atom. The van der Waals surface area contributed by atoms with Gasteiger partial charge in [0.2, 0.25) is 0 Å². The van der Waals surface area contributed by atoms with Crippen LogP contribution in [0.2, 0.25) is 0 Å². The van der Waals surface area contributed by atoms with Crippen molar-refractivity contribution in [2.75, 3.05) is 5.73 Å². The lowest BCUT2D eigenvalue weighted by Gasteiger charge is -2.02. The van der Waals surface area contributed by atoms with E-state index in [1.165, 1.54) is 6.07 Å². The van der Waals surface area contributed by atoms with Gasteiger partial charge in [-0.3, -0.25) is 0 Å². The molecule has 1 aromatic carbocycles. The van der Waals surface area contributed by atoms with Crippen LogP contribution in [0.3, 0.4) is 0 Å². The monoisotopic (exact) mass is 191 g/mol. The van der Waals surface area contributed by atoms with Crippen LogP contribution in [0.25, 0.3) is 5.69 Å². The first-order chi connectivity index (χ1) is 6.66. The van der Waals surface area contributed by atoms with Crippen molar-refractivity contribution in [1.82, 2.24) is 9.78 Å². The van der Waals surface area contributed by atoms with Gasteiger partial charge in [0, 0.05) is 6.20 Å². The number of benzene rings is 1. The summed E-state index contributed by atoms with van der Waals surface area (Å²) < 4.78 is 14.5. The minimum Gasteiger partial charge on any atom is -0.396 e. The predicted molar refractivity (Wildman–Crippen MR) is 52.7 cm³/mol. The van der Waals surface area contributed by atoms with Crippen molar-refractivity contribution in [3.8, 4) is 5.69 Å². The molecular weight excluding hydrogens is 181 g/mol. The maximum atomic E-state index is 12.9. The van der Waals surface area contributed by atoms with Crippen LogP contribution in [-0.4, -0.2) is 9.78 Å². The summed E-state index contributed by atoms with van der Waals surface area (Å²) in [6, 6.07) is 4.53. The van der Waals surface area contributed by atoms with Crippen LogP contribution in [0.4, 0.5) is 10.1 Å². The molecule has 2 N–H and O–H groups in total. The van der Waals surface area contributed by atoms with Gasteiger partial charge in [-0.2, -0.15) is 5.10 Å². The van der Waals surface area contributed by atoms with Crippen LogP contribution in [-0.2, 0) is 0 Å². The minimum absolute atomic E-state index is 0.135. The van der Waals surface area contributed by atoms with Crippen LogP contribution in [0.5, 0.6) is 0 Å². The van der Waals surface area contributed by atoms with Gasteiger partial charge in [0.1, 0.15) is 5.82 Å². The molecule has 3 nitrogen and oxygen atoms in total. The highest BCUT2D eigenvalue weighted by molar-refractivity contribution is 5.48. The third-order valence-corrected chi connectivity index (χ3v) is 1.96. The number of aromatic nitrogens is 2. The largest absolute Gasteiger partial charge is 0.396 e. The lowest BCUT2D eigenvalue weighted by atomic mass is 10.2. The molecule has 2 aromatic rings. The number of anilines is 1.